The Balaban J connectivity index is 2.29. The molecular formula is C16H18Cl2N4O. The molecule has 122 valence electrons. The van der Waals surface area contributed by atoms with Gasteiger partial charge < -0.3 is 10.6 Å². The fraction of sp³-hybridized carbons (Fsp3) is 0.312. The third kappa shape index (κ3) is 4.81. The summed E-state index contributed by atoms with van der Waals surface area (Å²) < 4.78 is 0. The molecule has 7 heteroatoms. The van der Waals surface area contributed by atoms with E-state index >= 15 is 0 Å². The number of nitrogens with one attached hydrogen (secondary N) is 2. The van der Waals surface area contributed by atoms with Crippen LogP contribution in [0.3, 0.4) is 0 Å². The second-order valence-corrected chi connectivity index (χ2v) is 6.96. The molecule has 1 aromatic carbocycles. The first-order chi connectivity index (χ1) is 10.7. The van der Waals surface area contributed by atoms with Gasteiger partial charge in [-0.05, 0) is 45.9 Å². The lowest BCUT2D eigenvalue weighted by atomic mass is 10.1. The Labute approximate surface area is 145 Å². The van der Waals surface area contributed by atoms with Crippen LogP contribution in [0.15, 0.2) is 24.3 Å². The summed E-state index contributed by atoms with van der Waals surface area (Å²) in [4.78, 5) is 21.0. The van der Waals surface area contributed by atoms with Gasteiger partial charge >= 0.3 is 0 Å². The topological polar surface area (TPSA) is 66.9 Å². The van der Waals surface area contributed by atoms with Crippen molar-refractivity contribution < 1.29 is 4.79 Å². The minimum Gasteiger partial charge on any atom is -0.350 e. The lowest BCUT2D eigenvalue weighted by Gasteiger charge is -2.21. The zero-order valence-corrected chi connectivity index (χ0v) is 14.9. The number of aromatic nitrogens is 2. The molecule has 5 nitrogen and oxygen atoms in total. The van der Waals surface area contributed by atoms with E-state index in [-0.39, 0.29) is 11.2 Å². The Bertz CT molecular complexity index is 721. The first kappa shape index (κ1) is 17.5. The number of para-hydroxylation sites is 1. The van der Waals surface area contributed by atoms with Crippen LogP contribution in [0.25, 0.3) is 0 Å². The highest BCUT2D eigenvalue weighted by Gasteiger charge is 2.17. The Morgan fingerprint density at radius 3 is 2.30 bits per heavy atom. The second-order valence-electron chi connectivity index (χ2n) is 6.14. The average molecular weight is 353 g/mol. The Kier molecular flexibility index (Phi) is 5.12. The fourth-order valence-corrected chi connectivity index (χ4v) is 2.36. The number of amides is 1. The molecule has 1 heterocycles. The highest BCUT2D eigenvalue weighted by atomic mass is 35.5. The maximum atomic E-state index is 12.4. The Morgan fingerprint density at radius 2 is 1.74 bits per heavy atom. The molecule has 23 heavy (non-hydrogen) atoms. The molecule has 0 aliphatic rings. The summed E-state index contributed by atoms with van der Waals surface area (Å²) in [6.45, 7) is 7.76. The van der Waals surface area contributed by atoms with E-state index in [1.54, 1.807) is 31.2 Å². The zero-order valence-electron chi connectivity index (χ0n) is 13.4. The second kappa shape index (κ2) is 6.72. The van der Waals surface area contributed by atoms with Crippen molar-refractivity contribution in [3.05, 3.63) is 45.7 Å². The molecule has 0 spiro atoms. The smallest absolute Gasteiger partial charge is 0.274 e. The minimum atomic E-state index is -0.401. The van der Waals surface area contributed by atoms with Crippen LogP contribution in [0, 0.1) is 6.92 Å². The lowest BCUT2D eigenvalue weighted by Crippen LogP contribution is -2.28. The van der Waals surface area contributed by atoms with Crippen molar-refractivity contribution in [1.29, 1.82) is 0 Å². The quantitative estimate of drug-likeness (QED) is 0.849. The van der Waals surface area contributed by atoms with Crippen molar-refractivity contribution in [2.75, 3.05) is 10.6 Å². The summed E-state index contributed by atoms with van der Waals surface area (Å²) in [6.07, 6.45) is 0. The normalized spacial score (nSPS) is 11.2. The molecule has 0 aliphatic carbocycles. The van der Waals surface area contributed by atoms with E-state index in [9.17, 15) is 4.79 Å². The number of halogens is 2. The van der Waals surface area contributed by atoms with Gasteiger partial charge in [-0.3, -0.25) is 4.79 Å². The van der Waals surface area contributed by atoms with Gasteiger partial charge in [-0.15, -0.1) is 0 Å². The standard InChI is InChI=1S/C16H18Cl2N4O/c1-9-8-12(20-15(19-9)22-16(2,3)4)14(23)21-13-10(17)6-5-7-11(13)18/h5-8H,1-4H3,(H,21,23)(H,19,20,22). The molecule has 2 N–H and O–H groups in total. The fourth-order valence-electron chi connectivity index (χ4n) is 1.87. The molecule has 1 aromatic heterocycles. The molecule has 0 aliphatic heterocycles. The third-order valence-corrected chi connectivity index (χ3v) is 3.40. The third-order valence-electron chi connectivity index (χ3n) is 2.77. The van der Waals surface area contributed by atoms with Gasteiger partial charge in [-0.25, -0.2) is 9.97 Å². The summed E-state index contributed by atoms with van der Waals surface area (Å²) in [6, 6.07) is 6.62. The molecule has 0 saturated carbocycles. The van der Waals surface area contributed by atoms with E-state index in [2.05, 4.69) is 20.6 Å². The van der Waals surface area contributed by atoms with Crippen LogP contribution in [0.1, 0.15) is 37.0 Å². The van der Waals surface area contributed by atoms with Crippen LogP contribution < -0.4 is 10.6 Å². The van der Waals surface area contributed by atoms with E-state index in [0.717, 1.165) is 0 Å². The lowest BCUT2D eigenvalue weighted by molar-refractivity contribution is 0.102. The van der Waals surface area contributed by atoms with E-state index in [1.807, 2.05) is 20.8 Å². The first-order valence-electron chi connectivity index (χ1n) is 7.05. The zero-order chi connectivity index (χ0) is 17.2. The molecule has 1 amide bonds. The number of hydrogen-bond acceptors (Lipinski definition) is 4. The predicted molar refractivity (Wildman–Crippen MR) is 94.6 cm³/mol. The van der Waals surface area contributed by atoms with Crippen molar-refractivity contribution >= 4 is 40.7 Å². The highest BCUT2D eigenvalue weighted by Crippen LogP contribution is 2.30. The number of carbonyl (C=O) groups is 1. The largest absolute Gasteiger partial charge is 0.350 e. The van der Waals surface area contributed by atoms with Crippen molar-refractivity contribution in [1.82, 2.24) is 9.97 Å². The summed E-state index contributed by atoms with van der Waals surface area (Å²) >= 11 is 12.1. The van der Waals surface area contributed by atoms with Crippen LogP contribution >= 0.6 is 23.2 Å². The molecule has 0 bridgehead atoms. The van der Waals surface area contributed by atoms with Crippen LogP contribution in [0.2, 0.25) is 10.0 Å². The Hall–Kier alpha value is -1.85. The van der Waals surface area contributed by atoms with Crippen molar-refractivity contribution in [2.45, 2.75) is 33.2 Å². The average Bonchev–Trinajstić information content (AvgIpc) is 2.40. The van der Waals surface area contributed by atoms with Crippen molar-refractivity contribution in [3.63, 3.8) is 0 Å². The summed E-state index contributed by atoms with van der Waals surface area (Å²) in [5.41, 5.74) is 1.07. The van der Waals surface area contributed by atoms with E-state index < -0.39 is 5.91 Å². The molecule has 0 radical (unpaired) electrons. The number of nitrogens with zero attached hydrogens (tertiary/aromatic N) is 2. The number of benzene rings is 1. The monoisotopic (exact) mass is 352 g/mol. The maximum absolute atomic E-state index is 12.4. The maximum Gasteiger partial charge on any atom is 0.274 e. The number of rotatable bonds is 3. The SMILES string of the molecule is Cc1cc(C(=O)Nc2c(Cl)cccc2Cl)nc(NC(C)(C)C)n1. The van der Waals surface area contributed by atoms with Gasteiger partial charge in [-0.1, -0.05) is 29.3 Å². The van der Waals surface area contributed by atoms with Crippen LogP contribution in [-0.4, -0.2) is 21.4 Å². The summed E-state index contributed by atoms with van der Waals surface area (Å²) in [5.74, 6) is -0.00429. The van der Waals surface area contributed by atoms with Crippen molar-refractivity contribution in [2.24, 2.45) is 0 Å². The van der Waals surface area contributed by atoms with Gasteiger partial charge in [0.2, 0.25) is 5.95 Å². The van der Waals surface area contributed by atoms with Crippen LogP contribution in [-0.2, 0) is 0 Å². The molecule has 0 atom stereocenters. The summed E-state index contributed by atoms with van der Waals surface area (Å²) in [5, 5.41) is 6.57. The molecule has 0 saturated heterocycles. The van der Waals surface area contributed by atoms with Gasteiger partial charge in [0.15, 0.2) is 0 Å². The minimum absolute atomic E-state index is 0.215. The van der Waals surface area contributed by atoms with Gasteiger partial charge in [0, 0.05) is 11.2 Å². The Morgan fingerprint density at radius 1 is 1.13 bits per heavy atom. The number of carbonyl (C=O) groups excluding carboxylic acids is 1. The number of anilines is 2. The van der Waals surface area contributed by atoms with E-state index in [0.29, 0.717) is 27.4 Å². The predicted octanol–water partition coefficient (Wildman–Crippen LogP) is 4.55. The number of hydrogen-bond donors (Lipinski definition) is 2. The van der Waals surface area contributed by atoms with E-state index in [4.69, 9.17) is 23.2 Å². The molecule has 2 aromatic rings. The summed E-state index contributed by atoms with van der Waals surface area (Å²) in [7, 11) is 0. The van der Waals surface area contributed by atoms with E-state index in [1.165, 1.54) is 0 Å². The highest BCUT2D eigenvalue weighted by molar-refractivity contribution is 6.40. The van der Waals surface area contributed by atoms with Gasteiger partial charge in [-0.2, -0.15) is 0 Å². The van der Waals surface area contributed by atoms with Crippen LogP contribution in [0.5, 0.6) is 0 Å². The molecular weight excluding hydrogens is 335 g/mol. The first-order valence-corrected chi connectivity index (χ1v) is 7.80. The molecule has 2 rings (SSSR count). The van der Waals surface area contributed by atoms with Gasteiger partial charge in [0.05, 0.1) is 15.7 Å². The van der Waals surface area contributed by atoms with Gasteiger partial charge in [0.25, 0.3) is 5.91 Å². The van der Waals surface area contributed by atoms with Gasteiger partial charge in [0.1, 0.15) is 5.69 Å². The van der Waals surface area contributed by atoms with Crippen molar-refractivity contribution in [3.8, 4) is 0 Å². The molecule has 0 unspecified atom stereocenters. The molecule has 0 fully saturated rings. The number of aryl methyl sites for hydroxylation is 1. The van der Waals surface area contributed by atoms with Crippen LogP contribution in [0.4, 0.5) is 11.6 Å².